The van der Waals surface area contributed by atoms with Gasteiger partial charge in [0.25, 0.3) is 0 Å². The van der Waals surface area contributed by atoms with Gasteiger partial charge in [-0.05, 0) is 18.6 Å². The van der Waals surface area contributed by atoms with Gasteiger partial charge in [-0.3, -0.25) is 0 Å². The average molecular weight is 344 g/mol. The van der Waals surface area contributed by atoms with E-state index in [1.165, 1.54) is 12.3 Å². The molecule has 2 amide bonds. The molecule has 0 spiro atoms. The van der Waals surface area contributed by atoms with E-state index in [0.717, 1.165) is 36.1 Å². The van der Waals surface area contributed by atoms with Crippen LogP contribution < -0.4 is 10.1 Å². The lowest BCUT2D eigenvalue weighted by atomic mass is 10.2. The number of hydrogen-bond acceptors (Lipinski definition) is 4. The summed E-state index contributed by atoms with van der Waals surface area (Å²) in [6.45, 7) is 2.09. The van der Waals surface area contributed by atoms with E-state index in [0.29, 0.717) is 12.2 Å². The number of halogens is 1. The molecule has 0 radical (unpaired) electrons. The first-order valence-electron chi connectivity index (χ1n) is 8.05. The number of ether oxygens (including phenoxy) is 1. The van der Waals surface area contributed by atoms with Crippen molar-refractivity contribution in [2.45, 2.75) is 19.6 Å². The first kappa shape index (κ1) is 15.5. The maximum atomic E-state index is 14.2. The molecule has 1 aromatic carbocycles. The van der Waals surface area contributed by atoms with E-state index < -0.39 is 5.82 Å². The zero-order valence-corrected chi connectivity index (χ0v) is 13.4. The van der Waals surface area contributed by atoms with Gasteiger partial charge in [0.1, 0.15) is 18.6 Å². The van der Waals surface area contributed by atoms with Crippen LogP contribution in [0, 0.1) is 5.82 Å². The number of H-pyrrole nitrogens is 1. The number of amides is 2. The monoisotopic (exact) mass is 344 g/mol. The topological polar surface area (TPSA) is 83.4 Å². The number of nitrogens with one attached hydrogen (secondary N) is 2. The molecule has 130 valence electrons. The van der Waals surface area contributed by atoms with Gasteiger partial charge in [0, 0.05) is 41.8 Å². The standard InChI is InChI=1S/C17H17FN4O3/c18-14-7-11-6-13(9-19-17(23)22-3-1-4-22)20-15(11)8-16(14)24-10-12-2-5-25-21-12/h2,5-8,20H,1,3-4,9-10H2,(H,19,23). The summed E-state index contributed by atoms with van der Waals surface area (Å²) < 4.78 is 24.3. The molecular formula is C17H17FN4O3. The predicted molar refractivity (Wildman–Crippen MR) is 87.5 cm³/mol. The van der Waals surface area contributed by atoms with E-state index in [4.69, 9.17) is 9.26 Å². The number of likely N-dealkylation sites (tertiary alicyclic amines) is 1. The van der Waals surface area contributed by atoms with Crippen molar-refractivity contribution < 1.29 is 18.4 Å². The molecule has 1 aliphatic rings. The highest BCUT2D eigenvalue weighted by Gasteiger charge is 2.19. The van der Waals surface area contributed by atoms with Gasteiger partial charge in [-0.2, -0.15) is 0 Å². The summed E-state index contributed by atoms with van der Waals surface area (Å²) in [7, 11) is 0. The van der Waals surface area contributed by atoms with E-state index in [1.807, 2.05) is 6.07 Å². The quantitative estimate of drug-likeness (QED) is 0.745. The van der Waals surface area contributed by atoms with Crippen molar-refractivity contribution in [1.82, 2.24) is 20.4 Å². The number of aromatic nitrogens is 2. The van der Waals surface area contributed by atoms with Gasteiger partial charge in [0.05, 0.1) is 6.54 Å². The van der Waals surface area contributed by atoms with Crippen LogP contribution in [0.25, 0.3) is 10.9 Å². The van der Waals surface area contributed by atoms with Crippen LogP contribution >= 0.6 is 0 Å². The minimum Gasteiger partial charge on any atom is -0.484 e. The number of benzene rings is 1. The fourth-order valence-corrected chi connectivity index (χ4v) is 2.66. The largest absolute Gasteiger partial charge is 0.484 e. The average Bonchev–Trinajstić information content (AvgIpc) is 3.17. The number of aromatic amines is 1. The maximum absolute atomic E-state index is 14.2. The Labute approximate surface area is 142 Å². The second-order valence-corrected chi connectivity index (χ2v) is 5.94. The lowest BCUT2D eigenvalue weighted by Gasteiger charge is -2.30. The van der Waals surface area contributed by atoms with Gasteiger partial charge in [-0.25, -0.2) is 9.18 Å². The van der Waals surface area contributed by atoms with Crippen molar-refractivity contribution in [2.24, 2.45) is 0 Å². The molecule has 3 aromatic rings. The van der Waals surface area contributed by atoms with Gasteiger partial charge < -0.3 is 24.5 Å². The van der Waals surface area contributed by atoms with E-state index in [9.17, 15) is 9.18 Å². The van der Waals surface area contributed by atoms with E-state index in [1.54, 1.807) is 17.0 Å². The number of fused-ring (bicyclic) bond motifs is 1. The van der Waals surface area contributed by atoms with E-state index in [-0.39, 0.29) is 18.4 Å². The van der Waals surface area contributed by atoms with Crippen molar-refractivity contribution in [1.29, 1.82) is 0 Å². The first-order valence-corrected chi connectivity index (χ1v) is 8.05. The number of carbonyl (C=O) groups is 1. The number of urea groups is 1. The lowest BCUT2D eigenvalue weighted by molar-refractivity contribution is 0.167. The summed E-state index contributed by atoms with van der Waals surface area (Å²) in [5.74, 6) is -0.320. The number of hydrogen-bond donors (Lipinski definition) is 2. The van der Waals surface area contributed by atoms with Crippen molar-refractivity contribution in [2.75, 3.05) is 13.1 Å². The minimum atomic E-state index is -0.453. The van der Waals surface area contributed by atoms with Crippen molar-refractivity contribution in [3.05, 3.63) is 47.7 Å². The number of carbonyl (C=O) groups excluding carboxylic acids is 1. The molecule has 3 heterocycles. The minimum absolute atomic E-state index is 0.0762. The second kappa shape index (κ2) is 6.46. The van der Waals surface area contributed by atoms with Crippen LogP contribution in [0.4, 0.5) is 9.18 Å². The summed E-state index contributed by atoms with van der Waals surface area (Å²) in [5, 5.41) is 7.29. The smallest absolute Gasteiger partial charge is 0.317 e. The summed E-state index contributed by atoms with van der Waals surface area (Å²) in [6.07, 6.45) is 2.49. The molecule has 25 heavy (non-hydrogen) atoms. The lowest BCUT2D eigenvalue weighted by Crippen LogP contribution is -2.47. The Morgan fingerprint density at radius 1 is 1.40 bits per heavy atom. The van der Waals surface area contributed by atoms with Gasteiger partial charge in [0.15, 0.2) is 11.6 Å². The number of rotatable bonds is 5. The molecule has 1 saturated heterocycles. The number of nitrogens with zero attached hydrogens (tertiary/aromatic N) is 2. The third-order valence-corrected chi connectivity index (χ3v) is 4.17. The third kappa shape index (κ3) is 3.28. The Kier molecular flexibility index (Phi) is 4.01. The maximum Gasteiger partial charge on any atom is 0.317 e. The van der Waals surface area contributed by atoms with Crippen LogP contribution in [0.15, 0.2) is 35.1 Å². The highest BCUT2D eigenvalue weighted by molar-refractivity contribution is 5.82. The Bertz CT molecular complexity index is 887. The van der Waals surface area contributed by atoms with Crippen molar-refractivity contribution >= 4 is 16.9 Å². The highest BCUT2D eigenvalue weighted by atomic mass is 19.1. The molecule has 0 saturated carbocycles. The molecule has 2 aromatic heterocycles. The molecule has 4 rings (SSSR count). The van der Waals surface area contributed by atoms with E-state index in [2.05, 4.69) is 15.5 Å². The molecular weight excluding hydrogens is 327 g/mol. The van der Waals surface area contributed by atoms with Crippen LogP contribution in [-0.2, 0) is 13.2 Å². The summed E-state index contributed by atoms with van der Waals surface area (Å²) in [5.41, 5.74) is 2.13. The van der Waals surface area contributed by atoms with Crippen molar-refractivity contribution in [3.63, 3.8) is 0 Å². The highest BCUT2D eigenvalue weighted by Crippen LogP contribution is 2.26. The molecule has 0 bridgehead atoms. The summed E-state index contributed by atoms with van der Waals surface area (Å²) >= 11 is 0. The van der Waals surface area contributed by atoms with Crippen molar-refractivity contribution in [3.8, 4) is 5.75 Å². The predicted octanol–water partition coefficient (Wildman–Crippen LogP) is 2.79. The Hall–Kier alpha value is -3.03. The van der Waals surface area contributed by atoms with Gasteiger partial charge in [-0.1, -0.05) is 5.16 Å². The molecule has 2 N–H and O–H groups in total. The summed E-state index contributed by atoms with van der Waals surface area (Å²) in [4.78, 5) is 16.7. The normalized spacial score (nSPS) is 13.7. The van der Waals surface area contributed by atoms with E-state index >= 15 is 0 Å². The van der Waals surface area contributed by atoms with Gasteiger partial charge in [-0.15, -0.1) is 0 Å². The molecule has 0 unspecified atom stereocenters. The fourth-order valence-electron chi connectivity index (χ4n) is 2.66. The molecule has 1 aliphatic heterocycles. The zero-order chi connectivity index (χ0) is 17.2. The Morgan fingerprint density at radius 2 is 2.28 bits per heavy atom. The summed E-state index contributed by atoms with van der Waals surface area (Å²) in [6, 6.07) is 6.41. The van der Waals surface area contributed by atoms with Crippen LogP contribution in [0.1, 0.15) is 17.8 Å². The molecule has 1 fully saturated rings. The third-order valence-electron chi connectivity index (χ3n) is 4.17. The van der Waals surface area contributed by atoms with Gasteiger partial charge in [0.2, 0.25) is 0 Å². The second-order valence-electron chi connectivity index (χ2n) is 5.94. The van der Waals surface area contributed by atoms with Crippen LogP contribution in [0.3, 0.4) is 0 Å². The SMILES string of the molecule is O=C(NCc1cc2cc(F)c(OCc3ccon3)cc2[nH]1)N1CCC1. The Balaban J connectivity index is 1.45. The zero-order valence-electron chi connectivity index (χ0n) is 13.4. The molecule has 7 nitrogen and oxygen atoms in total. The molecule has 0 atom stereocenters. The van der Waals surface area contributed by atoms with Gasteiger partial charge >= 0.3 is 6.03 Å². The van der Waals surface area contributed by atoms with Crippen LogP contribution in [-0.4, -0.2) is 34.2 Å². The Morgan fingerprint density at radius 3 is 3.00 bits per heavy atom. The first-order chi connectivity index (χ1) is 12.2. The van der Waals surface area contributed by atoms with Crippen LogP contribution in [0.2, 0.25) is 0 Å². The van der Waals surface area contributed by atoms with Crippen LogP contribution in [0.5, 0.6) is 5.75 Å². The molecule has 8 heteroatoms. The fraction of sp³-hybridized carbons (Fsp3) is 0.294. The molecule has 0 aliphatic carbocycles.